The minimum atomic E-state index is -3.23. The van der Waals surface area contributed by atoms with Gasteiger partial charge in [0.2, 0.25) is 0 Å². The molecule has 2 N–H and O–H groups in total. The Balaban J connectivity index is 0.00000480. The summed E-state index contributed by atoms with van der Waals surface area (Å²) in [4.78, 5) is 4.57. The predicted octanol–water partition coefficient (Wildman–Crippen LogP) is 4.03. The Labute approximate surface area is 201 Å². The van der Waals surface area contributed by atoms with Crippen LogP contribution in [0.1, 0.15) is 37.0 Å². The van der Waals surface area contributed by atoms with E-state index in [1.165, 1.54) is 18.2 Å². The summed E-state index contributed by atoms with van der Waals surface area (Å²) >= 11 is 0. The van der Waals surface area contributed by atoms with Crippen LogP contribution in [0.3, 0.4) is 0 Å². The van der Waals surface area contributed by atoms with Gasteiger partial charge in [0, 0.05) is 19.3 Å². The molecule has 0 bridgehead atoms. The van der Waals surface area contributed by atoms with Crippen LogP contribution >= 0.6 is 24.0 Å². The third kappa shape index (κ3) is 10.3. The summed E-state index contributed by atoms with van der Waals surface area (Å²) in [6, 6.07) is 11.9. The molecule has 0 heterocycles. The maximum atomic E-state index is 13.7. The zero-order valence-electron chi connectivity index (χ0n) is 18.2. The highest BCUT2D eigenvalue weighted by Crippen LogP contribution is 2.16. The van der Waals surface area contributed by atoms with Crippen molar-refractivity contribution in [3.63, 3.8) is 0 Å². The number of halogens is 2. The van der Waals surface area contributed by atoms with Crippen molar-refractivity contribution >= 4 is 39.8 Å². The number of ether oxygens (including phenoxy) is 1. The Bertz CT molecular complexity index is 968. The van der Waals surface area contributed by atoms with Crippen molar-refractivity contribution in [2.75, 3.05) is 19.4 Å². The van der Waals surface area contributed by atoms with E-state index in [9.17, 15) is 12.8 Å². The molecule has 2 rings (SSSR count). The van der Waals surface area contributed by atoms with E-state index in [2.05, 4.69) is 22.5 Å². The van der Waals surface area contributed by atoms with E-state index >= 15 is 0 Å². The molecule has 0 saturated heterocycles. The number of guanidine groups is 1. The summed E-state index contributed by atoms with van der Waals surface area (Å²) in [5, 5.41) is 6.31. The Kier molecular flexibility index (Phi) is 11.8. The molecule has 2 aromatic carbocycles. The second-order valence-electron chi connectivity index (χ2n) is 7.03. The van der Waals surface area contributed by atoms with Gasteiger partial charge in [-0.3, -0.25) is 0 Å². The Morgan fingerprint density at radius 1 is 1.10 bits per heavy atom. The molecule has 0 saturated carbocycles. The minimum absolute atomic E-state index is 0. The molecule has 0 atom stereocenters. The van der Waals surface area contributed by atoms with Gasteiger partial charge in [-0.25, -0.2) is 17.8 Å². The largest absolute Gasteiger partial charge is 0.494 e. The predicted molar refractivity (Wildman–Crippen MR) is 134 cm³/mol. The van der Waals surface area contributed by atoms with Crippen LogP contribution < -0.4 is 15.4 Å². The van der Waals surface area contributed by atoms with Crippen LogP contribution in [-0.4, -0.2) is 33.8 Å². The highest BCUT2D eigenvalue weighted by atomic mass is 127. The number of aliphatic imine (C=N–C) groups is 1. The number of nitrogens with zero attached hydrogens (tertiary/aromatic N) is 1. The SMILES string of the molecule is CCCOc1cccc(CN=C(NCC)NCc2cc(F)ccc2CS(C)(=O)=O)c1.I. The molecule has 2 aromatic rings. The van der Waals surface area contributed by atoms with Gasteiger partial charge in [0.1, 0.15) is 11.6 Å². The van der Waals surface area contributed by atoms with E-state index in [4.69, 9.17) is 4.74 Å². The molecule has 6 nitrogen and oxygen atoms in total. The van der Waals surface area contributed by atoms with Gasteiger partial charge in [0.05, 0.1) is 18.9 Å². The number of sulfone groups is 1. The quantitative estimate of drug-likeness (QED) is 0.259. The molecule has 31 heavy (non-hydrogen) atoms. The molecule has 0 aromatic heterocycles. The summed E-state index contributed by atoms with van der Waals surface area (Å²) in [5.74, 6) is 0.831. The second-order valence-corrected chi connectivity index (χ2v) is 9.17. The lowest BCUT2D eigenvalue weighted by Crippen LogP contribution is -2.37. The Hall–Kier alpha value is -1.88. The van der Waals surface area contributed by atoms with E-state index in [1.54, 1.807) is 0 Å². The van der Waals surface area contributed by atoms with Crippen molar-refractivity contribution in [2.24, 2.45) is 4.99 Å². The lowest BCUT2D eigenvalue weighted by Gasteiger charge is -2.14. The van der Waals surface area contributed by atoms with Gasteiger partial charge in [0.25, 0.3) is 0 Å². The van der Waals surface area contributed by atoms with Crippen LogP contribution in [0.5, 0.6) is 5.75 Å². The van der Waals surface area contributed by atoms with Crippen LogP contribution in [-0.2, 0) is 28.7 Å². The van der Waals surface area contributed by atoms with Crippen LogP contribution in [0.25, 0.3) is 0 Å². The van der Waals surface area contributed by atoms with Gasteiger partial charge >= 0.3 is 0 Å². The van der Waals surface area contributed by atoms with E-state index in [1.807, 2.05) is 31.2 Å². The molecule has 0 aliphatic rings. The zero-order chi connectivity index (χ0) is 22.0. The highest BCUT2D eigenvalue weighted by molar-refractivity contribution is 14.0. The van der Waals surface area contributed by atoms with Gasteiger partial charge in [-0.2, -0.15) is 0 Å². The molecule has 0 aliphatic carbocycles. The fourth-order valence-electron chi connectivity index (χ4n) is 2.83. The van der Waals surface area contributed by atoms with Crippen LogP contribution in [0, 0.1) is 5.82 Å². The van der Waals surface area contributed by atoms with Gasteiger partial charge in [-0.15, -0.1) is 24.0 Å². The second kappa shape index (κ2) is 13.5. The van der Waals surface area contributed by atoms with Crippen LogP contribution in [0.15, 0.2) is 47.5 Å². The maximum Gasteiger partial charge on any atom is 0.191 e. The van der Waals surface area contributed by atoms with Crippen molar-refractivity contribution in [3.8, 4) is 5.75 Å². The van der Waals surface area contributed by atoms with Gasteiger partial charge in [-0.05, 0) is 54.3 Å². The minimum Gasteiger partial charge on any atom is -0.494 e. The first-order valence-electron chi connectivity index (χ1n) is 9.99. The summed E-state index contributed by atoms with van der Waals surface area (Å²) in [6.45, 7) is 6.04. The molecule has 9 heteroatoms. The first kappa shape index (κ1) is 27.2. The molecular weight excluding hydrogens is 532 g/mol. The van der Waals surface area contributed by atoms with E-state index < -0.39 is 15.7 Å². The Morgan fingerprint density at radius 3 is 2.55 bits per heavy atom. The zero-order valence-corrected chi connectivity index (χ0v) is 21.3. The molecule has 0 unspecified atom stereocenters. The number of hydrogen-bond acceptors (Lipinski definition) is 4. The van der Waals surface area contributed by atoms with Crippen LogP contribution in [0.4, 0.5) is 4.39 Å². The third-order valence-corrected chi connectivity index (χ3v) is 5.00. The van der Waals surface area contributed by atoms with Crippen molar-refractivity contribution in [3.05, 3.63) is 65.0 Å². The molecule has 0 aliphatic heterocycles. The molecule has 0 fully saturated rings. The van der Waals surface area contributed by atoms with Crippen molar-refractivity contribution in [1.82, 2.24) is 10.6 Å². The summed E-state index contributed by atoms with van der Waals surface area (Å²) < 4.78 is 42.7. The monoisotopic (exact) mass is 563 g/mol. The molecular formula is C22H31FIN3O3S. The van der Waals surface area contributed by atoms with E-state index in [0.29, 0.717) is 36.8 Å². The standard InChI is InChI=1S/C22H30FN3O3S.HI/c1-4-11-29-21-8-6-7-17(12-21)14-25-22(24-5-2)26-15-19-13-20(23)10-9-18(19)16-30(3,27)28;/h6-10,12-13H,4-5,11,14-16H2,1-3H3,(H2,24,25,26);1H. The van der Waals surface area contributed by atoms with Crippen molar-refractivity contribution in [2.45, 2.75) is 39.1 Å². The van der Waals surface area contributed by atoms with Gasteiger partial charge < -0.3 is 15.4 Å². The molecule has 0 radical (unpaired) electrons. The topological polar surface area (TPSA) is 79.8 Å². The van der Waals surface area contributed by atoms with E-state index in [0.717, 1.165) is 24.0 Å². The number of rotatable bonds is 10. The summed E-state index contributed by atoms with van der Waals surface area (Å²) in [7, 11) is -3.23. The average Bonchev–Trinajstić information content (AvgIpc) is 2.69. The van der Waals surface area contributed by atoms with E-state index in [-0.39, 0.29) is 36.3 Å². The van der Waals surface area contributed by atoms with Crippen LogP contribution in [0.2, 0.25) is 0 Å². The molecule has 172 valence electrons. The normalized spacial score (nSPS) is 11.5. The lowest BCUT2D eigenvalue weighted by atomic mass is 10.1. The summed E-state index contributed by atoms with van der Waals surface area (Å²) in [5.41, 5.74) is 2.16. The number of nitrogens with one attached hydrogen (secondary N) is 2. The lowest BCUT2D eigenvalue weighted by molar-refractivity contribution is 0.317. The molecule has 0 spiro atoms. The van der Waals surface area contributed by atoms with Gasteiger partial charge in [0.15, 0.2) is 15.8 Å². The van der Waals surface area contributed by atoms with Crippen molar-refractivity contribution in [1.29, 1.82) is 0 Å². The number of hydrogen-bond donors (Lipinski definition) is 2. The van der Waals surface area contributed by atoms with Crippen molar-refractivity contribution < 1.29 is 17.5 Å². The smallest absolute Gasteiger partial charge is 0.191 e. The molecule has 0 amide bonds. The number of benzene rings is 2. The highest BCUT2D eigenvalue weighted by Gasteiger charge is 2.11. The summed E-state index contributed by atoms with van der Waals surface area (Å²) in [6.07, 6.45) is 2.11. The fraction of sp³-hybridized carbons (Fsp3) is 0.409. The maximum absolute atomic E-state index is 13.7. The first-order chi connectivity index (χ1) is 14.3. The third-order valence-electron chi connectivity index (χ3n) is 4.17. The fourth-order valence-corrected chi connectivity index (χ4v) is 3.67. The first-order valence-corrected chi connectivity index (χ1v) is 12.1. The van der Waals surface area contributed by atoms with Gasteiger partial charge in [-0.1, -0.05) is 25.1 Å². The average molecular weight is 563 g/mol. The Morgan fingerprint density at radius 2 is 1.87 bits per heavy atom.